The molecular formula is C12H14BrNO4. The van der Waals surface area contributed by atoms with Gasteiger partial charge in [0.1, 0.15) is 6.61 Å². The second kappa shape index (κ2) is 5.97. The molecular weight excluding hydrogens is 302 g/mol. The molecule has 0 heterocycles. The number of hydrogen-bond acceptors (Lipinski definition) is 4. The third-order valence-electron chi connectivity index (χ3n) is 2.17. The smallest absolute Gasteiger partial charge is 0.312 e. The number of benzene rings is 1. The minimum absolute atomic E-state index is 0.0844. The van der Waals surface area contributed by atoms with Crippen LogP contribution in [0.3, 0.4) is 0 Å². The fraction of sp³-hybridized carbons (Fsp3) is 0.333. The highest BCUT2D eigenvalue weighted by atomic mass is 79.9. The van der Waals surface area contributed by atoms with Crippen molar-refractivity contribution in [1.29, 1.82) is 0 Å². The minimum Gasteiger partial charge on any atom is -0.482 e. The van der Waals surface area contributed by atoms with Crippen molar-refractivity contribution in [3.63, 3.8) is 0 Å². The first-order valence-electron chi connectivity index (χ1n) is 5.26. The van der Waals surface area contributed by atoms with Crippen LogP contribution in [-0.4, -0.2) is 16.6 Å². The van der Waals surface area contributed by atoms with Crippen molar-refractivity contribution in [3.8, 4) is 5.75 Å². The van der Waals surface area contributed by atoms with Gasteiger partial charge < -0.3 is 9.84 Å². The van der Waals surface area contributed by atoms with Gasteiger partial charge >= 0.3 is 5.69 Å². The first-order valence-corrected chi connectivity index (χ1v) is 6.05. The number of ether oxygens (including phenoxy) is 1. The number of halogens is 1. The highest BCUT2D eigenvalue weighted by Gasteiger charge is 2.23. The van der Waals surface area contributed by atoms with Crippen molar-refractivity contribution >= 4 is 21.6 Å². The summed E-state index contributed by atoms with van der Waals surface area (Å²) in [6.45, 7) is 7.12. The predicted molar refractivity (Wildman–Crippen MR) is 71.7 cm³/mol. The third kappa shape index (κ3) is 3.54. The maximum Gasteiger partial charge on any atom is 0.312 e. The Labute approximate surface area is 113 Å². The number of rotatable bonds is 5. The highest BCUT2D eigenvalue weighted by Crippen LogP contribution is 2.37. The number of aliphatic hydroxyl groups excluding tert-OH is 1. The number of hydrogen-bond donors (Lipinski definition) is 1. The Hall–Kier alpha value is -1.40. The molecule has 1 aromatic rings. The molecule has 1 aromatic carbocycles. The van der Waals surface area contributed by atoms with E-state index in [0.717, 1.165) is 5.57 Å². The molecule has 0 spiro atoms. The van der Waals surface area contributed by atoms with Crippen molar-refractivity contribution in [1.82, 2.24) is 0 Å². The summed E-state index contributed by atoms with van der Waals surface area (Å²) >= 11 is 3.18. The number of nitrogens with zero attached hydrogens (tertiary/aromatic N) is 1. The maximum absolute atomic E-state index is 11.0. The molecule has 6 heteroatoms. The van der Waals surface area contributed by atoms with Crippen molar-refractivity contribution in [2.75, 3.05) is 6.61 Å². The molecule has 0 fully saturated rings. The molecule has 18 heavy (non-hydrogen) atoms. The zero-order chi connectivity index (χ0) is 13.9. The Kier molecular flexibility index (Phi) is 4.86. The molecule has 1 N–H and O–H groups in total. The Morgan fingerprint density at radius 2 is 2.28 bits per heavy atom. The normalized spacial score (nSPS) is 12.0. The molecule has 0 radical (unpaired) electrons. The molecule has 0 aromatic heterocycles. The molecule has 0 aliphatic carbocycles. The highest BCUT2D eigenvalue weighted by molar-refractivity contribution is 9.10. The van der Waals surface area contributed by atoms with Crippen LogP contribution in [0.25, 0.3) is 0 Å². The van der Waals surface area contributed by atoms with Crippen LogP contribution in [0.15, 0.2) is 28.8 Å². The summed E-state index contributed by atoms with van der Waals surface area (Å²) in [5.41, 5.74) is 0.933. The van der Waals surface area contributed by atoms with E-state index in [1.165, 1.54) is 13.0 Å². The van der Waals surface area contributed by atoms with Crippen LogP contribution in [0.4, 0.5) is 5.69 Å². The summed E-state index contributed by atoms with van der Waals surface area (Å²) in [6, 6.07) is 2.95. The lowest BCUT2D eigenvalue weighted by Crippen LogP contribution is -2.06. The van der Waals surface area contributed by atoms with Crippen LogP contribution < -0.4 is 4.74 Å². The average Bonchev–Trinajstić information content (AvgIpc) is 2.25. The van der Waals surface area contributed by atoms with Gasteiger partial charge in [-0.15, -0.1) is 0 Å². The SMILES string of the molecule is C=C(C)COc1c([C@@H](C)O)cc(Br)cc1[N+](=O)[O-]. The summed E-state index contributed by atoms with van der Waals surface area (Å²) in [4.78, 5) is 10.5. The van der Waals surface area contributed by atoms with Gasteiger partial charge in [0.2, 0.25) is 5.75 Å². The predicted octanol–water partition coefficient (Wildman–Crippen LogP) is 3.37. The van der Waals surface area contributed by atoms with Crippen LogP contribution in [0.2, 0.25) is 0 Å². The molecule has 0 saturated heterocycles. The van der Waals surface area contributed by atoms with E-state index in [2.05, 4.69) is 22.5 Å². The lowest BCUT2D eigenvalue weighted by Gasteiger charge is -2.14. The van der Waals surface area contributed by atoms with Gasteiger partial charge in [0.15, 0.2) is 0 Å². The maximum atomic E-state index is 11.0. The summed E-state index contributed by atoms with van der Waals surface area (Å²) in [7, 11) is 0. The first-order chi connectivity index (χ1) is 8.32. The quantitative estimate of drug-likeness (QED) is 0.513. The van der Waals surface area contributed by atoms with E-state index in [4.69, 9.17) is 4.74 Å². The number of aliphatic hydroxyl groups is 1. The molecule has 1 atom stereocenters. The lowest BCUT2D eigenvalue weighted by molar-refractivity contribution is -0.386. The van der Waals surface area contributed by atoms with Gasteiger partial charge in [-0.3, -0.25) is 10.1 Å². The Morgan fingerprint density at radius 1 is 1.67 bits per heavy atom. The zero-order valence-corrected chi connectivity index (χ0v) is 11.7. The van der Waals surface area contributed by atoms with Crippen molar-refractivity contribution in [3.05, 3.63) is 44.4 Å². The van der Waals surface area contributed by atoms with Gasteiger partial charge in [-0.1, -0.05) is 22.5 Å². The van der Waals surface area contributed by atoms with E-state index >= 15 is 0 Å². The fourth-order valence-electron chi connectivity index (χ4n) is 1.40. The topological polar surface area (TPSA) is 72.6 Å². The van der Waals surface area contributed by atoms with E-state index in [-0.39, 0.29) is 18.0 Å². The van der Waals surface area contributed by atoms with Crippen LogP contribution >= 0.6 is 15.9 Å². The van der Waals surface area contributed by atoms with Crippen LogP contribution in [0.5, 0.6) is 5.75 Å². The van der Waals surface area contributed by atoms with Gasteiger partial charge in [-0.2, -0.15) is 0 Å². The fourth-order valence-corrected chi connectivity index (χ4v) is 1.86. The summed E-state index contributed by atoms with van der Waals surface area (Å²) in [6.07, 6.45) is -0.860. The molecule has 1 rings (SSSR count). The van der Waals surface area contributed by atoms with Gasteiger partial charge in [-0.05, 0) is 25.5 Å². The van der Waals surface area contributed by atoms with E-state index in [1.54, 1.807) is 13.0 Å². The van der Waals surface area contributed by atoms with Crippen molar-refractivity contribution < 1.29 is 14.8 Å². The van der Waals surface area contributed by atoms with Crippen molar-refractivity contribution in [2.45, 2.75) is 20.0 Å². The van der Waals surface area contributed by atoms with Crippen LogP contribution in [0, 0.1) is 10.1 Å². The molecule has 0 saturated carbocycles. The molecule has 5 nitrogen and oxygen atoms in total. The second-order valence-electron chi connectivity index (χ2n) is 4.02. The molecule has 0 aliphatic rings. The third-order valence-corrected chi connectivity index (χ3v) is 2.63. The van der Waals surface area contributed by atoms with Gasteiger partial charge in [0.05, 0.1) is 11.0 Å². The second-order valence-corrected chi connectivity index (χ2v) is 4.94. The van der Waals surface area contributed by atoms with Gasteiger partial charge in [0, 0.05) is 16.1 Å². The standard InChI is InChI=1S/C12H14BrNO4/c1-7(2)6-18-12-10(8(3)15)4-9(13)5-11(12)14(16)17/h4-5,8,15H,1,6H2,2-3H3/t8-/m1/s1. The Morgan fingerprint density at radius 3 is 2.72 bits per heavy atom. The number of nitro groups is 1. The van der Waals surface area contributed by atoms with Gasteiger partial charge in [-0.25, -0.2) is 0 Å². The Balaban J connectivity index is 3.31. The molecule has 0 unspecified atom stereocenters. The summed E-state index contributed by atoms with van der Waals surface area (Å²) in [5, 5.41) is 20.6. The largest absolute Gasteiger partial charge is 0.482 e. The van der Waals surface area contributed by atoms with E-state index < -0.39 is 11.0 Å². The van der Waals surface area contributed by atoms with Crippen LogP contribution in [-0.2, 0) is 0 Å². The lowest BCUT2D eigenvalue weighted by atomic mass is 10.1. The van der Waals surface area contributed by atoms with Crippen molar-refractivity contribution in [2.24, 2.45) is 0 Å². The molecule has 0 aliphatic heterocycles. The number of nitro benzene ring substituents is 1. The molecule has 98 valence electrons. The average molecular weight is 316 g/mol. The molecule has 0 bridgehead atoms. The first kappa shape index (κ1) is 14.7. The monoisotopic (exact) mass is 315 g/mol. The van der Waals surface area contributed by atoms with Gasteiger partial charge in [0.25, 0.3) is 0 Å². The molecule has 0 amide bonds. The van der Waals surface area contributed by atoms with E-state index in [0.29, 0.717) is 10.0 Å². The minimum atomic E-state index is -0.860. The van der Waals surface area contributed by atoms with Crippen LogP contribution in [0.1, 0.15) is 25.5 Å². The summed E-state index contributed by atoms with van der Waals surface area (Å²) < 4.78 is 5.91. The van der Waals surface area contributed by atoms with E-state index in [1.807, 2.05) is 0 Å². The zero-order valence-electron chi connectivity index (χ0n) is 10.1. The summed E-state index contributed by atoms with van der Waals surface area (Å²) in [5.74, 6) is 0.0844. The van der Waals surface area contributed by atoms with E-state index in [9.17, 15) is 15.2 Å². The Bertz CT molecular complexity index is 485.